The number of thiol groups is 1. The molecule has 0 atom stereocenters. The molecule has 0 aliphatic rings. The maximum atomic E-state index is 12.4. The minimum Gasteiger partial charge on any atom is -0.242 e. The summed E-state index contributed by atoms with van der Waals surface area (Å²) in [7, 11) is 0. The molecule has 0 amide bonds. The third-order valence-electron chi connectivity index (χ3n) is 0.894. The van der Waals surface area contributed by atoms with Gasteiger partial charge in [-0.1, -0.05) is 0 Å². The van der Waals surface area contributed by atoms with Crippen molar-refractivity contribution in [2.45, 2.75) is 5.75 Å². The van der Waals surface area contributed by atoms with Crippen molar-refractivity contribution < 1.29 is 4.39 Å². The fourth-order valence-electron chi connectivity index (χ4n) is 0.454. The van der Waals surface area contributed by atoms with Crippen molar-refractivity contribution in [1.82, 2.24) is 9.97 Å². The average molecular weight is 144 g/mol. The van der Waals surface area contributed by atoms with Crippen LogP contribution in [-0.2, 0) is 5.75 Å². The summed E-state index contributed by atoms with van der Waals surface area (Å²) in [5.41, 5.74) is 0.341. The van der Waals surface area contributed by atoms with Crippen molar-refractivity contribution in [2.24, 2.45) is 0 Å². The highest BCUT2D eigenvalue weighted by molar-refractivity contribution is 7.79. The minimum atomic E-state index is -0.396. The molecule has 2 nitrogen and oxygen atoms in total. The lowest BCUT2D eigenvalue weighted by atomic mass is 10.4. The van der Waals surface area contributed by atoms with Crippen LogP contribution in [0.3, 0.4) is 0 Å². The SMILES string of the molecule is Fc1cncnc1CS. The second kappa shape index (κ2) is 2.77. The number of hydrogen-bond acceptors (Lipinski definition) is 3. The Morgan fingerprint density at radius 2 is 2.44 bits per heavy atom. The third-order valence-corrected chi connectivity index (χ3v) is 1.19. The maximum Gasteiger partial charge on any atom is 0.163 e. The number of rotatable bonds is 1. The Labute approximate surface area is 57.6 Å². The van der Waals surface area contributed by atoms with Crippen LogP contribution in [0.25, 0.3) is 0 Å². The molecule has 1 rings (SSSR count). The van der Waals surface area contributed by atoms with Crippen molar-refractivity contribution in [3.05, 3.63) is 24.0 Å². The second-order valence-electron chi connectivity index (χ2n) is 1.48. The Morgan fingerprint density at radius 3 is 2.89 bits per heavy atom. The van der Waals surface area contributed by atoms with Gasteiger partial charge in [0.1, 0.15) is 6.33 Å². The van der Waals surface area contributed by atoms with Gasteiger partial charge in [-0.2, -0.15) is 12.6 Å². The van der Waals surface area contributed by atoms with Crippen LogP contribution in [0.2, 0.25) is 0 Å². The summed E-state index contributed by atoms with van der Waals surface area (Å²) in [5.74, 6) is -0.0820. The van der Waals surface area contributed by atoms with E-state index in [-0.39, 0.29) is 0 Å². The first kappa shape index (κ1) is 6.48. The van der Waals surface area contributed by atoms with E-state index in [1.54, 1.807) is 0 Å². The van der Waals surface area contributed by atoms with Crippen LogP contribution in [0.15, 0.2) is 12.5 Å². The molecule has 9 heavy (non-hydrogen) atoms. The lowest BCUT2D eigenvalue weighted by Gasteiger charge is -1.92. The lowest BCUT2D eigenvalue weighted by Crippen LogP contribution is -1.90. The molecule has 0 radical (unpaired) electrons. The number of hydrogen-bond donors (Lipinski definition) is 1. The first-order chi connectivity index (χ1) is 4.34. The predicted octanol–water partition coefficient (Wildman–Crippen LogP) is 1.05. The van der Waals surface area contributed by atoms with Crippen LogP contribution in [-0.4, -0.2) is 9.97 Å². The molecule has 0 aromatic carbocycles. The Bertz CT molecular complexity index is 204. The molecule has 0 unspecified atom stereocenters. The van der Waals surface area contributed by atoms with Gasteiger partial charge in [0.2, 0.25) is 0 Å². The molecule has 1 aromatic heterocycles. The fraction of sp³-hybridized carbons (Fsp3) is 0.200. The van der Waals surface area contributed by atoms with Crippen LogP contribution in [0.5, 0.6) is 0 Å². The van der Waals surface area contributed by atoms with E-state index < -0.39 is 5.82 Å². The molecule has 0 N–H and O–H groups in total. The summed E-state index contributed by atoms with van der Waals surface area (Å²) in [5, 5.41) is 0. The third kappa shape index (κ3) is 1.38. The van der Waals surface area contributed by atoms with Crippen molar-refractivity contribution in [2.75, 3.05) is 0 Å². The van der Waals surface area contributed by atoms with E-state index in [2.05, 4.69) is 22.6 Å². The highest BCUT2D eigenvalue weighted by Gasteiger charge is 1.97. The summed E-state index contributed by atoms with van der Waals surface area (Å²) in [6.07, 6.45) is 2.42. The first-order valence-corrected chi connectivity index (χ1v) is 3.03. The molecule has 0 saturated heterocycles. The van der Waals surface area contributed by atoms with E-state index in [4.69, 9.17) is 0 Å². The van der Waals surface area contributed by atoms with Gasteiger partial charge in [-0.25, -0.2) is 14.4 Å². The molecule has 48 valence electrons. The molecular formula is C5H5FN2S. The van der Waals surface area contributed by atoms with Crippen LogP contribution in [0, 0.1) is 5.82 Å². The number of aromatic nitrogens is 2. The van der Waals surface area contributed by atoms with Crippen LogP contribution in [0.4, 0.5) is 4.39 Å². The van der Waals surface area contributed by atoms with Crippen molar-refractivity contribution in [3.63, 3.8) is 0 Å². The molecule has 0 saturated carbocycles. The monoisotopic (exact) mass is 144 g/mol. The van der Waals surface area contributed by atoms with E-state index in [0.717, 1.165) is 6.20 Å². The predicted molar refractivity (Wildman–Crippen MR) is 34.7 cm³/mol. The largest absolute Gasteiger partial charge is 0.242 e. The zero-order chi connectivity index (χ0) is 6.69. The van der Waals surface area contributed by atoms with E-state index >= 15 is 0 Å². The smallest absolute Gasteiger partial charge is 0.163 e. The van der Waals surface area contributed by atoms with E-state index in [0.29, 0.717) is 11.4 Å². The van der Waals surface area contributed by atoms with Crippen LogP contribution >= 0.6 is 12.6 Å². The molecule has 1 heterocycles. The van der Waals surface area contributed by atoms with Crippen molar-refractivity contribution in [1.29, 1.82) is 0 Å². The van der Waals surface area contributed by atoms with E-state index in [9.17, 15) is 4.39 Å². The molecule has 0 bridgehead atoms. The van der Waals surface area contributed by atoms with Gasteiger partial charge in [0.15, 0.2) is 5.82 Å². The summed E-state index contributed by atoms with van der Waals surface area (Å²) < 4.78 is 12.4. The van der Waals surface area contributed by atoms with Gasteiger partial charge >= 0.3 is 0 Å². The quantitative estimate of drug-likeness (QED) is 0.596. The molecule has 0 spiro atoms. The lowest BCUT2D eigenvalue weighted by molar-refractivity contribution is 0.600. The van der Waals surface area contributed by atoms with Gasteiger partial charge in [0.25, 0.3) is 0 Å². The second-order valence-corrected chi connectivity index (χ2v) is 1.79. The Hall–Kier alpha value is -0.640. The van der Waals surface area contributed by atoms with Crippen molar-refractivity contribution in [3.8, 4) is 0 Å². The molecule has 0 aliphatic heterocycles. The Morgan fingerprint density at radius 1 is 1.67 bits per heavy atom. The zero-order valence-corrected chi connectivity index (χ0v) is 5.48. The van der Waals surface area contributed by atoms with Gasteiger partial charge < -0.3 is 0 Å². The number of halogens is 1. The van der Waals surface area contributed by atoms with Gasteiger partial charge in [0, 0.05) is 5.75 Å². The number of nitrogens with zero attached hydrogens (tertiary/aromatic N) is 2. The minimum absolute atomic E-state index is 0.314. The first-order valence-electron chi connectivity index (χ1n) is 2.40. The molecule has 4 heteroatoms. The van der Waals surface area contributed by atoms with Gasteiger partial charge in [0.05, 0.1) is 11.9 Å². The van der Waals surface area contributed by atoms with Gasteiger partial charge in [-0.15, -0.1) is 0 Å². The maximum absolute atomic E-state index is 12.4. The molecule has 0 fully saturated rings. The molecular weight excluding hydrogens is 139 g/mol. The van der Waals surface area contributed by atoms with Crippen LogP contribution in [0.1, 0.15) is 5.69 Å². The normalized spacial score (nSPS) is 9.56. The van der Waals surface area contributed by atoms with Gasteiger partial charge in [-0.3, -0.25) is 0 Å². The Kier molecular flexibility index (Phi) is 2.00. The van der Waals surface area contributed by atoms with Gasteiger partial charge in [-0.05, 0) is 0 Å². The standard InChI is InChI=1S/C5H5FN2S/c6-4-1-7-3-8-5(4)2-9/h1,3,9H,2H2. The highest BCUT2D eigenvalue weighted by Crippen LogP contribution is 2.02. The summed E-state index contributed by atoms with van der Waals surface area (Å²) in [6, 6.07) is 0. The highest BCUT2D eigenvalue weighted by atomic mass is 32.1. The topological polar surface area (TPSA) is 25.8 Å². The summed E-state index contributed by atoms with van der Waals surface area (Å²) in [4.78, 5) is 7.11. The Balaban J connectivity index is 3.01. The summed E-state index contributed by atoms with van der Waals surface area (Å²) in [6.45, 7) is 0. The molecule has 1 aromatic rings. The van der Waals surface area contributed by atoms with E-state index in [1.165, 1.54) is 6.33 Å². The van der Waals surface area contributed by atoms with E-state index in [1.807, 2.05) is 0 Å². The zero-order valence-electron chi connectivity index (χ0n) is 4.58. The van der Waals surface area contributed by atoms with Crippen molar-refractivity contribution >= 4 is 12.6 Å². The summed E-state index contributed by atoms with van der Waals surface area (Å²) >= 11 is 3.85. The van der Waals surface area contributed by atoms with Crippen LogP contribution < -0.4 is 0 Å². The fourth-order valence-corrected chi connectivity index (χ4v) is 0.687. The average Bonchev–Trinajstić information content (AvgIpc) is 1.89. The molecule has 0 aliphatic carbocycles.